The zero-order chi connectivity index (χ0) is 18.1. The van der Waals surface area contributed by atoms with Crippen LogP contribution in [0.5, 0.6) is 0 Å². The monoisotopic (exact) mass is 358 g/mol. The van der Waals surface area contributed by atoms with Crippen LogP contribution in [0.1, 0.15) is 31.6 Å². The molecule has 1 aromatic rings. The number of aliphatic hydroxyl groups is 2. The molecular weight excluding hydrogens is 331 g/mol. The summed E-state index contributed by atoms with van der Waals surface area (Å²) in [5, 5.41) is 20.5. The lowest BCUT2D eigenvalue weighted by Gasteiger charge is -2.19. The maximum atomic E-state index is 12.1. The van der Waals surface area contributed by atoms with Crippen LogP contribution in [0.3, 0.4) is 0 Å². The number of nitrogens with one attached hydrogen (secondary N) is 1. The van der Waals surface area contributed by atoms with Crippen LogP contribution in [0.25, 0.3) is 0 Å². The fraction of sp³-hybridized carbons (Fsp3) is 0.688. The summed E-state index contributed by atoms with van der Waals surface area (Å²) in [6, 6.07) is 0. The van der Waals surface area contributed by atoms with Crippen LogP contribution >= 0.6 is 6.89 Å². The minimum Gasteiger partial charge on any atom is -0.388 e. The Hall–Kier alpha value is -1.14. The van der Waals surface area contributed by atoms with Crippen molar-refractivity contribution in [3.63, 3.8) is 0 Å². The zero-order valence-corrected chi connectivity index (χ0v) is 15.3. The first kappa shape index (κ1) is 19.2. The van der Waals surface area contributed by atoms with Crippen molar-refractivity contribution in [2.24, 2.45) is 0 Å². The first-order chi connectivity index (χ1) is 11.1. The van der Waals surface area contributed by atoms with Gasteiger partial charge >= 0.3 is 5.69 Å². The van der Waals surface area contributed by atoms with Crippen LogP contribution in [0.2, 0.25) is 0 Å². The quantitative estimate of drug-likeness (QED) is 0.631. The van der Waals surface area contributed by atoms with Gasteiger partial charge in [0.1, 0.15) is 12.2 Å². The molecule has 0 aliphatic carbocycles. The normalized spacial score (nSPS) is 27.5. The van der Waals surface area contributed by atoms with E-state index in [1.54, 1.807) is 0 Å². The first-order valence-corrected chi connectivity index (χ1v) is 11.2. The smallest absolute Gasteiger partial charge is 0.330 e. The van der Waals surface area contributed by atoms with E-state index in [9.17, 15) is 19.8 Å². The largest absolute Gasteiger partial charge is 0.388 e. The zero-order valence-electron chi connectivity index (χ0n) is 14.4. The Bertz CT molecular complexity index is 735. The Labute approximate surface area is 141 Å². The molecule has 1 aliphatic rings. The SMILES string of the molecule is C=P(C)(C)CCC1O[C@@H](n2cc(CCC)c(=O)[nH]c2=O)[C@H](O)[C@@H]1O. The molecule has 7 nitrogen and oxygen atoms in total. The third kappa shape index (κ3) is 4.28. The molecule has 136 valence electrons. The van der Waals surface area contributed by atoms with E-state index in [2.05, 4.69) is 24.6 Å². The van der Waals surface area contributed by atoms with E-state index in [1.165, 1.54) is 10.8 Å². The Morgan fingerprint density at radius 2 is 2.00 bits per heavy atom. The standard InChI is InChI=1S/C16H27N2O5P/c1-5-6-10-9-18(16(22)17-14(10)21)15-13(20)12(19)11(23-15)7-8-24(2,3)4/h9,11-13,15,19-20H,2,5-8H2,1,3-4H3,(H,17,21,22)/t11?,12-,13-,15-/m1/s1. The van der Waals surface area contributed by atoms with Crippen LogP contribution in [0.4, 0.5) is 0 Å². The summed E-state index contributed by atoms with van der Waals surface area (Å²) in [5.74, 6) is 0. The summed E-state index contributed by atoms with van der Waals surface area (Å²) < 4.78 is 6.92. The number of H-pyrrole nitrogens is 1. The highest BCUT2D eigenvalue weighted by Gasteiger charge is 2.43. The summed E-state index contributed by atoms with van der Waals surface area (Å²) in [6.07, 6.45) is 4.35. The second kappa shape index (κ2) is 7.40. The van der Waals surface area contributed by atoms with Gasteiger partial charge in [-0.2, -0.15) is 0 Å². The molecule has 0 amide bonds. The summed E-state index contributed by atoms with van der Waals surface area (Å²) in [6.45, 7) is 4.83. The first-order valence-electron chi connectivity index (χ1n) is 8.17. The molecule has 3 N–H and O–H groups in total. The molecule has 4 atom stereocenters. The van der Waals surface area contributed by atoms with Gasteiger partial charge in [0.15, 0.2) is 6.23 Å². The maximum Gasteiger partial charge on any atom is 0.330 e. The number of ether oxygens (including phenoxy) is 1. The van der Waals surface area contributed by atoms with E-state index < -0.39 is 42.7 Å². The van der Waals surface area contributed by atoms with Crippen molar-refractivity contribution >= 4 is 13.2 Å². The molecule has 0 bridgehead atoms. The maximum absolute atomic E-state index is 12.1. The molecule has 1 unspecified atom stereocenters. The second-order valence-corrected chi connectivity index (χ2v) is 11.4. The average Bonchev–Trinajstić information content (AvgIpc) is 2.75. The van der Waals surface area contributed by atoms with Gasteiger partial charge in [-0.05, 0) is 32.3 Å². The predicted octanol–water partition coefficient (Wildman–Crippen LogP) is 0.208. The van der Waals surface area contributed by atoms with Crippen molar-refractivity contribution in [1.29, 1.82) is 0 Å². The minimum absolute atomic E-state index is 0.425. The Kier molecular flexibility index (Phi) is 5.91. The summed E-state index contributed by atoms with van der Waals surface area (Å²) >= 11 is 0. The van der Waals surface area contributed by atoms with Gasteiger partial charge < -0.3 is 14.9 Å². The van der Waals surface area contributed by atoms with Crippen LogP contribution in [-0.2, 0) is 11.2 Å². The number of aryl methyl sites for hydroxylation is 1. The molecule has 1 aromatic heterocycles. The molecule has 2 heterocycles. The lowest BCUT2D eigenvalue weighted by molar-refractivity contribution is -0.0404. The summed E-state index contributed by atoms with van der Waals surface area (Å²) in [7, 11) is 0. The van der Waals surface area contributed by atoms with Gasteiger partial charge in [-0.3, -0.25) is 14.3 Å². The average molecular weight is 358 g/mol. The van der Waals surface area contributed by atoms with Crippen LogP contribution < -0.4 is 11.2 Å². The molecule has 0 aromatic carbocycles. The lowest BCUT2D eigenvalue weighted by atomic mass is 10.1. The molecule has 2 rings (SSSR count). The number of aliphatic hydroxyl groups excluding tert-OH is 2. The van der Waals surface area contributed by atoms with E-state index in [4.69, 9.17) is 4.74 Å². The van der Waals surface area contributed by atoms with E-state index >= 15 is 0 Å². The number of hydrogen-bond donors (Lipinski definition) is 3. The molecular formula is C16H27N2O5P. The molecule has 1 saturated heterocycles. The number of nitrogens with zero attached hydrogens (tertiary/aromatic N) is 1. The van der Waals surface area contributed by atoms with Gasteiger partial charge in [0.05, 0.1) is 6.10 Å². The molecule has 0 radical (unpaired) electrons. The Morgan fingerprint density at radius 1 is 1.33 bits per heavy atom. The van der Waals surface area contributed by atoms with Crippen LogP contribution in [0, 0.1) is 0 Å². The van der Waals surface area contributed by atoms with E-state index in [1.807, 2.05) is 6.92 Å². The van der Waals surface area contributed by atoms with Crippen molar-refractivity contribution in [3.05, 3.63) is 32.6 Å². The van der Waals surface area contributed by atoms with Crippen LogP contribution in [0.15, 0.2) is 15.8 Å². The number of aromatic nitrogens is 2. The topological polar surface area (TPSA) is 105 Å². The molecule has 0 spiro atoms. The molecule has 8 heteroatoms. The molecule has 24 heavy (non-hydrogen) atoms. The van der Waals surface area contributed by atoms with Gasteiger partial charge in [0, 0.05) is 11.8 Å². The van der Waals surface area contributed by atoms with Crippen molar-refractivity contribution < 1.29 is 14.9 Å². The highest BCUT2D eigenvalue weighted by atomic mass is 31.2. The van der Waals surface area contributed by atoms with Gasteiger partial charge in [-0.25, -0.2) is 4.79 Å². The Balaban J connectivity index is 2.26. The number of hydrogen-bond acceptors (Lipinski definition) is 5. The number of rotatable bonds is 6. The van der Waals surface area contributed by atoms with E-state index in [0.717, 1.165) is 12.6 Å². The van der Waals surface area contributed by atoms with Crippen molar-refractivity contribution in [1.82, 2.24) is 9.55 Å². The minimum atomic E-state index is -1.28. The third-order valence-electron chi connectivity index (χ3n) is 4.19. The summed E-state index contributed by atoms with van der Waals surface area (Å²) in [4.78, 5) is 26.1. The van der Waals surface area contributed by atoms with E-state index in [-0.39, 0.29) is 0 Å². The highest BCUT2D eigenvalue weighted by molar-refractivity contribution is 7.72. The van der Waals surface area contributed by atoms with Crippen molar-refractivity contribution in [3.8, 4) is 0 Å². The van der Waals surface area contributed by atoms with Gasteiger partial charge in [0.2, 0.25) is 0 Å². The molecule has 1 fully saturated rings. The fourth-order valence-electron chi connectivity index (χ4n) is 2.84. The summed E-state index contributed by atoms with van der Waals surface area (Å²) in [5.41, 5.74) is -0.622. The Morgan fingerprint density at radius 3 is 2.58 bits per heavy atom. The van der Waals surface area contributed by atoms with Gasteiger partial charge in [-0.15, -0.1) is 13.2 Å². The lowest BCUT2D eigenvalue weighted by Crippen LogP contribution is -2.38. The van der Waals surface area contributed by atoms with Gasteiger partial charge in [-0.1, -0.05) is 13.3 Å². The fourth-order valence-corrected chi connectivity index (χ4v) is 3.79. The van der Waals surface area contributed by atoms with Crippen LogP contribution in [-0.4, -0.2) is 63.9 Å². The number of aromatic amines is 1. The molecule has 0 saturated carbocycles. The molecule has 1 aliphatic heterocycles. The van der Waals surface area contributed by atoms with Crippen molar-refractivity contribution in [2.75, 3.05) is 19.5 Å². The van der Waals surface area contributed by atoms with Crippen molar-refractivity contribution in [2.45, 2.75) is 50.7 Å². The third-order valence-corrected chi connectivity index (χ3v) is 5.66. The van der Waals surface area contributed by atoms with E-state index in [0.29, 0.717) is 18.4 Å². The highest BCUT2D eigenvalue weighted by Crippen LogP contribution is 2.39. The second-order valence-electron chi connectivity index (χ2n) is 7.07. The van der Waals surface area contributed by atoms with Gasteiger partial charge in [0.25, 0.3) is 5.56 Å². The predicted molar refractivity (Wildman–Crippen MR) is 96.6 cm³/mol.